The van der Waals surface area contributed by atoms with Gasteiger partial charge in [0.25, 0.3) is 0 Å². The van der Waals surface area contributed by atoms with Crippen LogP contribution < -0.4 is 0 Å². The molecule has 2 aliphatic heterocycles. The highest BCUT2D eigenvalue weighted by Gasteiger charge is 2.48. The molecular formula is C15H22N2O3. The monoisotopic (exact) mass is 278 g/mol. The summed E-state index contributed by atoms with van der Waals surface area (Å²) in [6.07, 6.45) is 2.80. The maximum Gasteiger partial charge on any atom is 0.410 e. The van der Waals surface area contributed by atoms with E-state index in [4.69, 9.17) is 9.15 Å². The Morgan fingerprint density at radius 1 is 1.30 bits per heavy atom. The largest absolute Gasteiger partial charge is 0.465 e. The maximum absolute atomic E-state index is 11.5. The Kier molecular flexibility index (Phi) is 3.46. The van der Waals surface area contributed by atoms with Crippen molar-refractivity contribution < 1.29 is 13.9 Å². The molecule has 1 amide bonds. The maximum atomic E-state index is 11.5. The Morgan fingerprint density at radius 3 is 2.80 bits per heavy atom. The average Bonchev–Trinajstić information content (AvgIpc) is 3.05. The fourth-order valence-corrected chi connectivity index (χ4v) is 3.18. The molecule has 0 bridgehead atoms. The van der Waals surface area contributed by atoms with Gasteiger partial charge in [-0.1, -0.05) is 6.92 Å². The van der Waals surface area contributed by atoms with Crippen LogP contribution in [0.4, 0.5) is 4.79 Å². The van der Waals surface area contributed by atoms with Crippen molar-refractivity contribution in [3.8, 4) is 0 Å². The fraction of sp³-hybridized carbons (Fsp3) is 0.667. The zero-order valence-electron chi connectivity index (χ0n) is 12.2. The lowest BCUT2D eigenvalue weighted by Gasteiger charge is -2.21. The van der Waals surface area contributed by atoms with Gasteiger partial charge in [-0.25, -0.2) is 4.79 Å². The highest BCUT2D eigenvalue weighted by molar-refractivity contribution is 5.70. The first-order valence-electron chi connectivity index (χ1n) is 7.34. The predicted molar refractivity (Wildman–Crippen MR) is 74.4 cm³/mol. The lowest BCUT2D eigenvalue weighted by Crippen LogP contribution is -2.36. The van der Waals surface area contributed by atoms with Crippen molar-refractivity contribution in [1.29, 1.82) is 0 Å². The molecule has 2 fully saturated rings. The van der Waals surface area contributed by atoms with Gasteiger partial charge in [0, 0.05) is 33.0 Å². The molecule has 1 aromatic heterocycles. The summed E-state index contributed by atoms with van der Waals surface area (Å²) in [7, 11) is 1.79. The van der Waals surface area contributed by atoms with Crippen LogP contribution in [0, 0.1) is 0 Å². The van der Waals surface area contributed by atoms with Crippen molar-refractivity contribution >= 4 is 6.09 Å². The summed E-state index contributed by atoms with van der Waals surface area (Å²) in [5.74, 6) is 2.06. The third-order valence-electron chi connectivity index (χ3n) is 4.13. The minimum atomic E-state index is -0.301. The predicted octanol–water partition coefficient (Wildman–Crippen LogP) is 2.26. The van der Waals surface area contributed by atoms with E-state index in [2.05, 4.69) is 24.0 Å². The fourth-order valence-electron chi connectivity index (χ4n) is 3.18. The Labute approximate surface area is 119 Å². The van der Waals surface area contributed by atoms with Crippen LogP contribution >= 0.6 is 0 Å². The summed E-state index contributed by atoms with van der Waals surface area (Å²) in [4.78, 5) is 15.5. The number of amides is 1. The molecule has 2 saturated heterocycles. The molecule has 0 saturated carbocycles. The van der Waals surface area contributed by atoms with Crippen molar-refractivity contribution in [2.75, 3.05) is 26.7 Å². The van der Waals surface area contributed by atoms with E-state index in [-0.39, 0.29) is 11.7 Å². The number of furan rings is 1. The molecule has 5 nitrogen and oxygen atoms in total. The summed E-state index contributed by atoms with van der Waals surface area (Å²) in [6.45, 7) is 5.39. The second-order valence-electron chi connectivity index (χ2n) is 5.99. The van der Waals surface area contributed by atoms with E-state index in [0.29, 0.717) is 6.54 Å². The van der Waals surface area contributed by atoms with E-state index in [9.17, 15) is 4.79 Å². The van der Waals surface area contributed by atoms with E-state index in [1.807, 2.05) is 0 Å². The van der Waals surface area contributed by atoms with Crippen molar-refractivity contribution in [3.05, 3.63) is 23.7 Å². The number of hydrogen-bond acceptors (Lipinski definition) is 4. The molecule has 3 rings (SSSR count). The van der Waals surface area contributed by atoms with Crippen LogP contribution in [-0.2, 0) is 17.7 Å². The molecule has 0 unspecified atom stereocenters. The Hall–Kier alpha value is -1.49. The van der Waals surface area contributed by atoms with Gasteiger partial charge in [-0.15, -0.1) is 0 Å². The van der Waals surface area contributed by atoms with Crippen LogP contribution in [0.25, 0.3) is 0 Å². The van der Waals surface area contributed by atoms with Gasteiger partial charge in [-0.05, 0) is 18.6 Å². The zero-order valence-corrected chi connectivity index (χ0v) is 12.2. The van der Waals surface area contributed by atoms with E-state index < -0.39 is 0 Å². The van der Waals surface area contributed by atoms with Gasteiger partial charge in [0.1, 0.15) is 17.1 Å². The van der Waals surface area contributed by atoms with Crippen molar-refractivity contribution in [2.45, 2.75) is 38.3 Å². The normalized spacial score (nSPS) is 26.7. The third kappa shape index (κ3) is 2.54. The standard InChI is InChI=1S/C15H22N2O3/c1-3-4-12-5-6-13(19-12)9-17-8-7-15(11-17)10-16(2)14(18)20-15/h5-6H,3-4,7-11H2,1-2H3/t15-/m0/s1. The number of likely N-dealkylation sites (tertiary alicyclic amines) is 1. The minimum Gasteiger partial charge on any atom is -0.465 e. The van der Waals surface area contributed by atoms with Gasteiger partial charge in [0.15, 0.2) is 0 Å². The van der Waals surface area contributed by atoms with Gasteiger partial charge >= 0.3 is 6.09 Å². The molecular weight excluding hydrogens is 256 g/mol. The Bertz CT molecular complexity index is 499. The molecule has 2 aliphatic rings. The van der Waals surface area contributed by atoms with Crippen LogP contribution in [0.1, 0.15) is 31.3 Å². The highest BCUT2D eigenvalue weighted by Crippen LogP contribution is 2.32. The third-order valence-corrected chi connectivity index (χ3v) is 4.13. The van der Waals surface area contributed by atoms with E-state index in [1.54, 1.807) is 11.9 Å². The first-order valence-corrected chi connectivity index (χ1v) is 7.34. The lowest BCUT2D eigenvalue weighted by molar-refractivity contribution is 0.0621. The summed E-state index contributed by atoms with van der Waals surface area (Å²) in [5, 5.41) is 0. The molecule has 1 spiro atoms. The van der Waals surface area contributed by atoms with Gasteiger partial charge in [0.05, 0.1) is 13.1 Å². The highest BCUT2D eigenvalue weighted by atomic mass is 16.6. The van der Waals surface area contributed by atoms with Gasteiger partial charge in [-0.3, -0.25) is 4.90 Å². The second-order valence-corrected chi connectivity index (χ2v) is 5.99. The molecule has 1 aromatic rings. The van der Waals surface area contributed by atoms with Gasteiger partial charge < -0.3 is 14.1 Å². The number of aryl methyl sites for hydroxylation is 1. The molecule has 0 aromatic carbocycles. The molecule has 20 heavy (non-hydrogen) atoms. The summed E-state index contributed by atoms with van der Waals surface area (Å²) in [6, 6.07) is 4.12. The molecule has 0 N–H and O–H groups in total. The van der Waals surface area contributed by atoms with Crippen LogP contribution in [-0.4, -0.2) is 48.2 Å². The molecule has 110 valence electrons. The molecule has 1 atom stereocenters. The number of carbonyl (C=O) groups is 1. The van der Waals surface area contributed by atoms with Crippen LogP contribution in [0.2, 0.25) is 0 Å². The number of likely N-dealkylation sites (N-methyl/N-ethyl adjacent to an activating group) is 1. The van der Waals surface area contributed by atoms with E-state index in [1.165, 1.54) is 0 Å². The smallest absolute Gasteiger partial charge is 0.410 e. The van der Waals surface area contributed by atoms with E-state index >= 15 is 0 Å². The number of carbonyl (C=O) groups excluding carboxylic acids is 1. The Balaban J connectivity index is 1.59. The van der Waals surface area contributed by atoms with E-state index in [0.717, 1.165) is 50.4 Å². The summed E-state index contributed by atoms with van der Waals surface area (Å²) in [5.41, 5.74) is -0.301. The Morgan fingerprint density at radius 2 is 2.10 bits per heavy atom. The second kappa shape index (κ2) is 5.13. The number of rotatable bonds is 4. The first kappa shape index (κ1) is 13.5. The number of nitrogens with zero attached hydrogens (tertiary/aromatic N) is 2. The van der Waals surface area contributed by atoms with Crippen molar-refractivity contribution in [3.63, 3.8) is 0 Å². The van der Waals surface area contributed by atoms with Gasteiger partial charge in [-0.2, -0.15) is 0 Å². The lowest BCUT2D eigenvalue weighted by atomic mass is 10.0. The quantitative estimate of drug-likeness (QED) is 0.847. The van der Waals surface area contributed by atoms with Crippen LogP contribution in [0.5, 0.6) is 0 Å². The number of ether oxygens (including phenoxy) is 1. The molecule has 3 heterocycles. The summed E-state index contributed by atoms with van der Waals surface area (Å²) >= 11 is 0. The SMILES string of the molecule is CCCc1ccc(CN2CC[C@@]3(C2)CN(C)C(=O)O3)o1. The van der Waals surface area contributed by atoms with Crippen molar-refractivity contribution in [2.24, 2.45) is 0 Å². The zero-order chi connectivity index (χ0) is 14.2. The van der Waals surface area contributed by atoms with Crippen LogP contribution in [0.15, 0.2) is 16.5 Å². The van der Waals surface area contributed by atoms with Crippen LogP contribution in [0.3, 0.4) is 0 Å². The summed E-state index contributed by atoms with van der Waals surface area (Å²) < 4.78 is 11.4. The molecule has 0 aliphatic carbocycles. The molecule has 5 heteroatoms. The van der Waals surface area contributed by atoms with Gasteiger partial charge in [0.2, 0.25) is 0 Å². The van der Waals surface area contributed by atoms with Crippen molar-refractivity contribution in [1.82, 2.24) is 9.80 Å². The molecule has 0 radical (unpaired) electrons. The topological polar surface area (TPSA) is 45.9 Å². The minimum absolute atomic E-state index is 0.199. The number of hydrogen-bond donors (Lipinski definition) is 0. The first-order chi connectivity index (χ1) is 9.60. The average molecular weight is 278 g/mol.